The van der Waals surface area contributed by atoms with Crippen LogP contribution < -0.4 is 0 Å². The molecule has 1 aromatic carbocycles. The molecule has 1 aromatic rings. The average Bonchev–Trinajstić information content (AvgIpc) is 2.30. The van der Waals surface area contributed by atoms with E-state index in [1.54, 1.807) is 0 Å². The summed E-state index contributed by atoms with van der Waals surface area (Å²) in [5, 5.41) is 0. The van der Waals surface area contributed by atoms with E-state index in [0.29, 0.717) is 0 Å². The normalized spacial score (nSPS) is 22.2. The molecule has 1 saturated heterocycles. The SMILES string of the molecule is BrC1CCCN(CCCc2ccccc2)C1. The van der Waals surface area contributed by atoms with E-state index in [4.69, 9.17) is 0 Å². The van der Waals surface area contributed by atoms with Crippen molar-refractivity contribution in [2.75, 3.05) is 19.6 Å². The average molecular weight is 282 g/mol. The number of hydrogen-bond acceptors (Lipinski definition) is 1. The number of benzene rings is 1. The third-order valence-corrected chi connectivity index (χ3v) is 3.98. The van der Waals surface area contributed by atoms with E-state index in [2.05, 4.69) is 51.2 Å². The molecule has 1 aliphatic heterocycles. The second-order valence-electron chi connectivity index (χ2n) is 4.63. The van der Waals surface area contributed by atoms with Crippen LogP contribution in [-0.2, 0) is 6.42 Å². The van der Waals surface area contributed by atoms with Gasteiger partial charge in [-0.2, -0.15) is 0 Å². The maximum Gasteiger partial charge on any atom is 0.0273 e. The monoisotopic (exact) mass is 281 g/mol. The Morgan fingerprint density at radius 2 is 2.06 bits per heavy atom. The molecule has 2 rings (SSSR count). The standard InChI is InChI=1S/C14H20BrN/c15-14-9-5-11-16(12-14)10-4-8-13-6-2-1-3-7-13/h1-3,6-7,14H,4-5,8-12H2. The highest BCUT2D eigenvalue weighted by Crippen LogP contribution is 2.17. The molecule has 2 heteroatoms. The molecule has 0 aromatic heterocycles. The quantitative estimate of drug-likeness (QED) is 0.764. The van der Waals surface area contributed by atoms with Gasteiger partial charge in [-0.15, -0.1) is 0 Å². The van der Waals surface area contributed by atoms with Gasteiger partial charge in [0.15, 0.2) is 0 Å². The molecule has 88 valence electrons. The van der Waals surface area contributed by atoms with E-state index in [1.165, 1.54) is 50.9 Å². The fourth-order valence-electron chi connectivity index (χ4n) is 2.35. The maximum absolute atomic E-state index is 3.72. The Hall–Kier alpha value is -0.340. The lowest BCUT2D eigenvalue weighted by Gasteiger charge is -2.29. The predicted molar refractivity (Wildman–Crippen MR) is 73.2 cm³/mol. The molecule has 0 amide bonds. The molecule has 1 aliphatic rings. The number of likely N-dealkylation sites (tertiary alicyclic amines) is 1. The Labute approximate surface area is 107 Å². The van der Waals surface area contributed by atoms with Crippen LogP contribution >= 0.6 is 15.9 Å². The van der Waals surface area contributed by atoms with Gasteiger partial charge in [-0.05, 0) is 44.3 Å². The molecule has 0 radical (unpaired) electrons. The van der Waals surface area contributed by atoms with E-state index < -0.39 is 0 Å². The number of halogens is 1. The Balaban J connectivity index is 1.68. The van der Waals surface area contributed by atoms with Crippen LogP contribution in [-0.4, -0.2) is 29.4 Å². The zero-order valence-electron chi connectivity index (χ0n) is 9.74. The first-order chi connectivity index (χ1) is 7.84. The molecule has 0 aliphatic carbocycles. The van der Waals surface area contributed by atoms with Gasteiger partial charge in [0.05, 0.1) is 0 Å². The van der Waals surface area contributed by atoms with Gasteiger partial charge < -0.3 is 4.90 Å². The summed E-state index contributed by atoms with van der Waals surface area (Å²) in [7, 11) is 0. The molecule has 0 bridgehead atoms. The van der Waals surface area contributed by atoms with Gasteiger partial charge in [-0.3, -0.25) is 0 Å². The third-order valence-electron chi connectivity index (χ3n) is 3.23. The summed E-state index contributed by atoms with van der Waals surface area (Å²) < 4.78 is 0. The largest absolute Gasteiger partial charge is 0.302 e. The lowest BCUT2D eigenvalue weighted by molar-refractivity contribution is 0.233. The first kappa shape index (κ1) is 12.1. The van der Waals surface area contributed by atoms with Crippen LogP contribution in [0, 0.1) is 0 Å². The molecule has 0 spiro atoms. The number of aryl methyl sites for hydroxylation is 1. The van der Waals surface area contributed by atoms with Crippen molar-refractivity contribution in [1.29, 1.82) is 0 Å². The molecular formula is C14H20BrN. The van der Waals surface area contributed by atoms with Crippen LogP contribution in [0.5, 0.6) is 0 Å². The van der Waals surface area contributed by atoms with Crippen molar-refractivity contribution in [3.8, 4) is 0 Å². The minimum atomic E-state index is 0.720. The van der Waals surface area contributed by atoms with E-state index in [0.717, 1.165) is 4.83 Å². The summed E-state index contributed by atoms with van der Waals surface area (Å²) in [6.45, 7) is 3.77. The summed E-state index contributed by atoms with van der Waals surface area (Å²) in [5.74, 6) is 0. The van der Waals surface area contributed by atoms with Crippen LogP contribution in [0.2, 0.25) is 0 Å². The van der Waals surface area contributed by atoms with Crippen molar-refractivity contribution in [1.82, 2.24) is 4.90 Å². The minimum Gasteiger partial charge on any atom is -0.302 e. The van der Waals surface area contributed by atoms with Crippen molar-refractivity contribution in [3.63, 3.8) is 0 Å². The summed E-state index contributed by atoms with van der Waals surface area (Å²) in [5.41, 5.74) is 1.47. The molecule has 0 saturated carbocycles. The van der Waals surface area contributed by atoms with Crippen LogP contribution in [0.4, 0.5) is 0 Å². The zero-order chi connectivity index (χ0) is 11.2. The Bertz CT molecular complexity index is 299. The Morgan fingerprint density at radius 1 is 1.25 bits per heavy atom. The minimum absolute atomic E-state index is 0.720. The highest BCUT2D eigenvalue weighted by molar-refractivity contribution is 9.09. The maximum atomic E-state index is 3.72. The molecule has 1 nitrogen and oxygen atoms in total. The fourth-order valence-corrected chi connectivity index (χ4v) is 3.09. The van der Waals surface area contributed by atoms with Crippen molar-refractivity contribution < 1.29 is 0 Å². The van der Waals surface area contributed by atoms with Crippen LogP contribution in [0.15, 0.2) is 30.3 Å². The van der Waals surface area contributed by atoms with E-state index in [9.17, 15) is 0 Å². The summed E-state index contributed by atoms with van der Waals surface area (Å²) in [4.78, 5) is 3.31. The van der Waals surface area contributed by atoms with Crippen molar-refractivity contribution in [2.24, 2.45) is 0 Å². The molecule has 0 N–H and O–H groups in total. The topological polar surface area (TPSA) is 3.24 Å². The number of alkyl halides is 1. The number of nitrogens with zero attached hydrogens (tertiary/aromatic N) is 1. The Kier molecular flexibility index (Phi) is 4.86. The van der Waals surface area contributed by atoms with Crippen LogP contribution in [0.1, 0.15) is 24.8 Å². The molecule has 1 fully saturated rings. The number of piperidine rings is 1. The molecular weight excluding hydrogens is 262 g/mol. The highest BCUT2D eigenvalue weighted by Gasteiger charge is 2.16. The first-order valence-electron chi connectivity index (χ1n) is 6.25. The summed E-state index contributed by atoms with van der Waals surface area (Å²) in [6.07, 6.45) is 5.18. The van der Waals surface area contributed by atoms with Gasteiger partial charge in [0.1, 0.15) is 0 Å². The number of rotatable bonds is 4. The lowest BCUT2D eigenvalue weighted by atomic mass is 10.1. The Morgan fingerprint density at radius 3 is 2.81 bits per heavy atom. The number of hydrogen-bond donors (Lipinski definition) is 0. The van der Waals surface area contributed by atoms with Crippen LogP contribution in [0.3, 0.4) is 0 Å². The smallest absolute Gasteiger partial charge is 0.0273 e. The predicted octanol–water partition coefficient (Wildman–Crippen LogP) is 3.48. The third kappa shape index (κ3) is 3.91. The summed E-state index contributed by atoms with van der Waals surface area (Å²) in [6, 6.07) is 10.8. The first-order valence-corrected chi connectivity index (χ1v) is 7.16. The van der Waals surface area contributed by atoms with Gasteiger partial charge in [-0.1, -0.05) is 46.3 Å². The highest BCUT2D eigenvalue weighted by atomic mass is 79.9. The second-order valence-corrected chi connectivity index (χ2v) is 5.92. The van der Waals surface area contributed by atoms with Gasteiger partial charge in [0.25, 0.3) is 0 Å². The molecule has 1 heterocycles. The van der Waals surface area contributed by atoms with Crippen molar-refractivity contribution in [2.45, 2.75) is 30.5 Å². The molecule has 1 unspecified atom stereocenters. The van der Waals surface area contributed by atoms with Gasteiger partial charge >= 0.3 is 0 Å². The van der Waals surface area contributed by atoms with Crippen molar-refractivity contribution >= 4 is 15.9 Å². The van der Waals surface area contributed by atoms with Gasteiger partial charge in [0.2, 0.25) is 0 Å². The van der Waals surface area contributed by atoms with Gasteiger partial charge in [-0.25, -0.2) is 0 Å². The fraction of sp³-hybridized carbons (Fsp3) is 0.571. The van der Waals surface area contributed by atoms with Crippen molar-refractivity contribution in [3.05, 3.63) is 35.9 Å². The van der Waals surface area contributed by atoms with E-state index in [1.807, 2.05) is 0 Å². The second kappa shape index (κ2) is 6.41. The van der Waals surface area contributed by atoms with Gasteiger partial charge in [0, 0.05) is 11.4 Å². The summed E-state index contributed by atoms with van der Waals surface area (Å²) >= 11 is 3.72. The van der Waals surface area contributed by atoms with Crippen LogP contribution in [0.25, 0.3) is 0 Å². The molecule has 16 heavy (non-hydrogen) atoms. The van der Waals surface area contributed by atoms with E-state index in [-0.39, 0.29) is 0 Å². The zero-order valence-corrected chi connectivity index (χ0v) is 11.3. The van der Waals surface area contributed by atoms with E-state index >= 15 is 0 Å². The molecule has 1 atom stereocenters. The lowest BCUT2D eigenvalue weighted by Crippen LogP contribution is -2.36.